The highest BCUT2D eigenvalue weighted by molar-refractivity contribution is 6.34. The van der Waals surface area contributed by atoms with Gasteiger partial charge in [0.25, 0.3) is 0 Å². The van der Waals surface area contributed by atoms with Crippen molar-refractivity contribution in [3.63, 3.8) is 0 Å². The smallest absolute Gasteiger partial charge is 0.433 e. The molecule has 1 aliphatic heterocycles. The van der Waals surface area contributed by atoms with E-state index in [0.717, 1.165) is 6.07 Å². The second-order valence-corrected chi connectivity index (χ2v) is 8.28. The first kappa shape index (κ1) is 20.8. The number of aromatic hydroxyl groups is 1. The molecule has 1 saturated heterocycles. The molecule has 5 rings (SSSR count). The number of benzene rings is 2. The molecule has 33 heavy (non-hydrogen) atoms. The molecular weight excluding hydrogens is 428 g/mol. The molecule has 1 aromatic heterocycles. The fraction of sp³-hybridized carbons (Fsp3) is 0.208. The third-order valence-electron chi connectivity index (χ3n) is 6.62. The van der Waals surface area contributed by atoms with Crippen molar-refractivity contribution in [2.75, 3.05) is 13.6 Å². The van der Waals surface area contributed by atoms with Crippen LogP contribution in [-0.4, -0.2) is 51.4 Å². The van der Waals surface area contributed by atoms with Crippen LogP contribution in [0.1, 0.15) is 42.8 Å². The lowest BCUT2D eigenvalue weighted by atomic mass is 9.73. The van der Waals surface area contributed by atoms with E-state index in [1.165, 1.54) is 30.3 Å². The van der Waals surface area contributed by atoms with Gasteiger partial charge in [-0.25, -0.2) is 0 Å². The maximum Gasteiger partial charge on any atom is 0.433 e. The van der Waals surface area contributed by atoms with Crippen molar-refractivity contribution in [3.05, 3.63) is 93.2 Å². The number of hydrogen-bond acceptors (Lipinski definition) is 8. The summed E-state index contributed by atoms with van der Waals surface area (Å²) in [6, 6.07) is 14.6. The van der Waals surface area contributed by atoms with Crippen molar-refractivity contribution in [1.82, 2.24) is 4.90 Å². The molecule has 1 fully saturated rings. The van der Waals surface area contributed by atoms with Gasteiger partial charge in [0, 0.05) is 29.2 Å². The second-order valence-electron chi connectivity index (χ2n) is 8.28. The summed E-state index contributed by atoms with van der Waals surface area (Å²) < 4.78 is 5.47. The lowest BCUT2D eigenvalue weighted by molar-refractivity contribution is -0.402. The summed E-state index contributed by atoms with van der Waals surface area (Å²) in [5.74, 6) is -3.79. The number of likely N-dealkylation sites (N-methyl/N-ethyl adjacent to an activating group) is 1. The van der Waals surface area contributed by atoms with Crippen molar-refractivity contribution in [1.29, 1.82) is 0 Å². The second kappa shape index (κ2) is 7.21. The van der Waals surface area contributed by atoms with Crippen molar-refractivity contribution < 1.29 is 28.8 Å². The Morgan fingerprint density at radius 3 is 2.21 bits per heavy atom. The number of carbonyl (C=O) groups excluding carboxylic acids is 3. The Morgan fingerprint density at radius 2 is 1.67 bits per heavy atom. The molecule has 0 bridgehead atoms. The molecule has 0 unspecified atom stereocenters. The molecule has 0 radical (unpaired) electrons. The van der Waals surface area contributed by atoms with Crippen LogP contribution in [0, 0.1) is 16.0 Å². The van der Waals surface area contributed by atoms with E-state index in [0.29, 0.717) is 0 Å². The maximum atomic E-state index is 13.7. The lowest BCUT2D eigenvalue weighted by Crippen LogP contribution is -2.54. The van der Waals surface area contributed by atoms with Gasteiger partial charge < -0.3 is 9.52 Å². The van der Waals surface area contributed by atoms with Crippen LogP contribution >= 0.6 is 0 Å². The molecule has 2 aromatic carbocycles. The SMILES string of the molecule is CN1C[C@H](C(=O)c2ccc(O)cc2)[C@@H](c2ccc([N+](=O)[O-])o2)C12C(=O)c1ccccc1C2=O. The summed E-state index contributed by atoms with van der Waals surface area (Å²) in [7, 11) is 1.59. The van der Waals surface area contributed by atoms with Crippen molar-refractivity contribution in [3.8, 4) is 5.75 Å². The normalized spacial score (nSPS) is 21.5. The number of carbonyl (C=O) groups is 3. The number of nitrogens with zero attached hydrogens (tertiary/aromatic N) is 2. The van der Waals surface area contributed by atoms with Crippen LogP contribution in [0.25, 0.3) is 0 Å². The van der Waals surface area contributed by atoms with Gasteiger partial charge in [-0.3, -0.25) is 29.4 Å². The first-order chi connectivity index (χ1) is 15.8. The zero-order chi connectivity index (χ0) is 23.5. The molecule has 166 valence electrons. The lowest BCUT2D eigenvalue weighted by Gasteiger charge is -2.33. The Hall–Kier alpha value is -4.11. The standard InChI is InChI=1S/C24H18N2O7/c1-25-12-17(21(28)13-6-8-14(27)9-7-13)20(18-10-11-19(33-18)26(31)32)24(25)22(29)15-4-2-3-5-16(15)23(24)30/h2-11,17,20,27H,12H2,1H3/t17-,20-/m0/s1. The Balaban J connectivity index is 1.70. The van der Waals surface area contributed by atoms with Crippen molar-refractivity contribution in [2.24, 2.45) is 5.92 Å². The van der Waals surface area contributed by atoms with Gasteiger partial charge in [-0.15, -0.1) is 0 Å². The van der Waals surface area contributed by atoms with Crippen LogP contribution in [0.3, 0.4) is 0 Å². The first-order valence-electron chi connectivity index (χ1n) is 10.2. The first-order valence-corrected chi connectivity index (χ1v) is 10.2. The summed E-state index contributed by atoms with van der Waals surface area (Å²) in [5.41, 5.74) is -0.979. The average molecular weight is 446 g/mol. The van der Waals surface area contributed by atoms with Crippen LogP contribution in [0.15, 0.2) is 65.1 Å². The van der Waals surface area contributed by atoms with Crippen LogP contribution in [0.5, 0.6) is 5.75 Å². The van der Waals surface area contributed by atoms with Crippen LogP contribution in [0.2, 0.25) is 0 Å². The Labute approximate surface area is 187 Å². The van der Waals surface area contributed by atoms with Gasteiger partial charge in [0.1, 0.15) is 16.4 Å². The molecule has 9 heteroatoms. The minimum Gasteiger partial charge on any atom is -0.508 e. The molecule has 2 aliphatic rings. The van der Waals surface area contributed by atoms with Crippen LogP contribution in [0.4, 0.5) is 5.88 Å². The minimum atomic E-state index is -1.76. The summed E-state index contributed by atoms with van der Waals surface area (Å²) in [4.78, 5) is 53.1. The van der Waals surface area contributed by atoms with E-state index in [-0.39, 0.29) is 40.5 Å². The maximum absolute atomic E-state index is 13.7. The number of furan rings is 1. The zero-order valence-corrected chi connectivity index (χ0v) is 17.4. The van der Waals surface area contributed by atoms with E-state index in [1.807, 2.05) is 0 Å². The molecule has 0 saturated carbocycles. The monoisotopic (exact) mass is 446 g/mol. The highest BCUT2D eigenvalue weighted by Gasteiger charge is 2.68. The Bertz CT molecular complexity index is 1290. The fourth-order valence-corrected chi connectivity index (χ4v) is 5.18. The van der Waals surface area contributed by atoms with Crippen LogP contribution in [-0.2, 0) is 0 Å². The number of Topliss-reactive ketones (excluding diaryl/α,β-unsaturated/α-hetero) is 3. The molecule has 9 nitrogen and oxygen atoms in total. The van der Waals surface area contributed by atoms with E-state index in [9.17, 15) is 29.6 Å². The van der Waals surface area contributed by atoms with Gasteiger partial charge in [-0.05, 0) is 37.4 Å². The molecule has 2 atom stereocenters. The van der Waals surface area contributed by atoms with E-state index in [1.54, 1.807) is 36.2 Å². The average Bonchev–Trinajstić information content (AvgIpc) is 3.46. The molecule has 1 spiro atoms. The Morgan fingerprint density at radius 1 is 1.06 bits per heavy atom. The van der Waals surface area contributed by atoms with Gasteiger partial charge in [0.05, 0.1) is 12.0 Å². The third-order valence-corrected chi connectivity index (χ3v) is 6.62. The molecule has 1 N–H and O–H groups in total. The Kier molecular flexibility index (Phi) is 4.54. The number of phenolic OH excluding ortho intramolecular Hbond substituents is 1. The predicted molar refractivity (Wildman–Crippen MR) is 114 cm³/mol. The number of phenols is 1. The molecule has 1 aliphatic carbocycles. The third kappa shape index (κ3) is 2.79. The summed E-state index contributed by atoms with van der Waals surface area (Å²) >= 11 is 0. The van der Waals surface area contributed by atoms with Gasteiger partial charge in [0.15, 0.2) is 22.9 Å². The minimum absolute atomic E-state index is 0.0126. The van der Waals surface area contributed by atoms with Crippen molar-refractivity contribution in [2.45, 2.75) is 11.5 Å². The number of hydrogen-bond donors (Lipinski definition) is 1. The highest BCUT2D eigenvalue weighted by Crippen LogP contribution is 2.53. The van der Waals surface area contributed by atoms with Gasteiger partial charge >= 0.3 is 5.88 Å². The summed E-state index contributed by atoms with van der Waals surface area (Å²) in [6.07, 6.45) is 0. The zero-order valence-electron chi connectivity index (χ0n) is 17.4. The molecular formula is C24H18N2O7. The largest absolute Gasteiger partial charge is 0.508 e. The quantitative estimate of drug-likeness (QED) is 0.280. The molecule has 2 heterocycles. The van der Waals surface area contributed by atoms with Gasteiger partial charge in [-0.2, -0.15) is 0 Å². The fourth-order valence-electron chi connectivity index (χ4n) is 5.18. The van der Waals surface area contributed by atoms with E-state index in [2.05, 4.69) is 0 Å². The van der Waals surface area contributed by atoms with E-state index < -0.39 is 39.7 Å². The van der Waals surface area contributed by atoms with E-state index >= 15 is 0 Å². The number of likely N-dealkylation sites (tertiary alicyclic amines) is 1. The number of rotatable bonds is 4. The van der Waals surface area contributed by atoms with E-state index in [4.69, 9.17) is 4.42 Å². The number of ketones is 3. The molecule has 3 aromatic rings. The van der Waals surface area contributed by atoms with Gasteiger partial charge in [-0.1, -0.05) is 24.3 Å². The van der Waals surface area contributed by atoms with Gasteiger partial charge in [0.2, 0.25) is 0 Å². The highest BCUT2D eigenvalue weighted by atomic mass is 16.6. The number of nitro groups is 1. The summed E-state index contributed by atoms with van der Waals surface area (Å²) in [6.45, 7) is 0.0599. The summed E-state index contributed by atoms with van der Waals surface area (Å²) in [5, 5.41) is 20.8. The topological polar surface area (TPSA) is 131 Å². The van der Waals surface area contributed by atoms with Crippen LogP contribution < -0.4 is 0 Å². The number of fused-ring (bicyclic) bond motifs is 1. The molecule has 0 amide bonds. The predicted octanol–water partition coefficient (Wildman–Crippen LogP) is 3.24. The van der Waals surface area contributed by atoms with Crippen molar-refractivity contribution >= 4 is 23.2 Å².